The minimum absolute atomic E-state index is 0.105. The van der Waals surface area contributed by atoms with Crippen molar-refractivity contribution in [2.75, 3.05) is 5.32 Å². The van der Waals surface area contributed by atoms with Crippen LogP contribution in [0.1, 0.15) is 12.8 Å². The van der Waals surface area contributed by atoms with Gasteiger partial charge in [0, 0.05) is 5.69 Å². The molecule has 4 heteroatoms. The van der Waals surface area contributed by atoms with Gasteiger partial charge in [-0.15, -0.1) is 0 Å². The number of aliphatic hydroxyl groups is 1. The van der Waals surface area contributed by atoms with E-state index in [0.29, 0.717) is 18.5 Å². The van der Waals surface area contributed by atoms with Crippen LogP contribution in [0.4, 0.5) is 10.1 Å². The van der Waals surface area contributed by atoms with Crippen LogP contribution in [0.15, 0.2) is 36.6 Å². The molecule has 84 valence electrons. The highest BCUT2D eigenvalue weighted by Gasteiger charge is 2.52. The average Bonchev–Trinajstić information content (AvgIpc) is 3.02. The van der Waals surface area contributed by atoms with Crippen LogP contribution in [0.5, 0.6) is 0 Å². The number of amides is 1. The second-order valence-corrected chi connectivity index (χ2v) is 3.99. The van der Waals surface area contributed by atoms with Gasteiger partial charge in [-0.1, -0.05) is 6.58 Å². The van der Waals surface area contributed by atoms with Crippen molar-refractivity contribution in [1.29, 1.82) is 0 Å². The molecule has 0 spiro atoms. The summed E-state index contributed by atoms with van der Waals surface area (Å²) in [5.41, 5.74) is -0.312. The van der Waals surface area contributed by atoms with E-state index in [2.05, 4.69) is 11.9 Å². The summed E-state index contributed by atoms with van der Waals surface area (Å²) < 4.78 is 12.6. The Kier molecular flexibility index (Phi) is 2.42. The Morgan fingerprint density at radius 2 is 1.94 bits per heavy atom. The van der Waals surface area contributed by atoms with Gasteiger partial charge in [0.1, 0.15) is 17.0 Å². The van der Waals surface area contributed by atoms with E-state index in [9.17, 15) is 14.3 Å². The van der Waals surface area contributed by atoms with E-state index in [0.717, 1.165) is 0 Å². The first-order valence-corrected chi connectivity index (χ1v) is 5.00. The first-order valence-electron chi connectivity index (χ1n) is 5.00. The maximum atomic E-state index is 12.6. The molecule has 0 atom stereocenters. The second-order valence-electron chi connectivity index (χ2n) is 3.99. The first kappa shape index (κ1) is 10.7. The fourth-order valence-electron chi connectivity index (χ4n) is 1.56. The van der Waals surface area contributed by atoms with Crippen molar-refractivity contribution < 1.29 is 14.3 Å². The summed E-state index contributed by atoms with van der Waals surface area (Å²) in [5.74, 6) is -0.746. The maximum Gasteiger partial charge on any atom is 0.238 e. The topological polar surface area (TPSA) is 49.3 Å². The van der Waals surface area contributed by atoms with Crippen molar-refractivity contribution in [1.82, 2.24) is 0 Å². The Morgan fingerprint density at radius 1 is 1.38 bits per heavy atom. The molecule has 3 nitrogen and oxygen atoms in total. The Balaban J connectivity index is 2.08. The molecule has 16 heavy (non-hydrogen) atoms. The normalized spacial score (nSPS) is 16.6. The molecule has 1 aromatic carbocycles. The van der Waals surface area contributed by atoms with Gasteiger partial charge in [-0.3, -0.25) is 4.79 Å². The highest BCUT2D eigenvalue weighted by molar-refractivity contribution is 5.99. The lowest BCUT2D eigenvalue weighted by atomic mass is 10.0. The molecule has 1 aliphatic rings. The molecular weight excluding hydrogens is 209 g/mol. The lowest BCUT2D eigenvalue weighted by Crippen LogP contribution is -2.25. The zero-order valence-corrected chi connectivity index (χ0v) is 8.66. The third-order valence-electron chi connectivity index (χ3n) is 2.84. The Morgan fingerprint density at radius 3 is 2.38 bits per heavy atom. The largest absolute Gasteiger partial charge is 0.512 e. The standard InChI is InChI=1S/C12H12FNO2/c1-8(15)12(6-7-12)11(16)14-10-4-2-9(13)3-5-10/h2-5,15H,1,6-7H2,(H,14,16). The van der Waals surface area contributed by atoms with E-state index in [1.165, 1.54) is 24.3 Å². The Bertz CT molecular complexity index is 435. The van der Waals surface area contributed by atoms with Crippen LogP contribution < -0.4 is 5.32 Å². The van der Waals surface area contributed by atoms with Crippen molar-refractivity contribution in [2.45, 2.75) is 12.8 Å². The number of aliphatic hydroxyl groups excluding tert-OH is 1. The molecule has 0 radical (unpaired) electrons. The van der Waals surface area contributed by atoms with Gasteiger partial charge in [-0.05, 0) is 37.1 Å². The SMILES string of the molecule is C=C(O)C1(C(=O)Nc2ccc(F)cc2)CC1. The molecule has 0 aliphatic heterocycles. The molecule has 2 rings (SSSR count). The number of benzene rings is 1. The van der Waals surface area contributed by atoms with Gasteiger partial charge in [0.25, 0.3) is 0 Å². The summed E-state index contributed by atoms with van der Waals surface area (Å²) in [5, 5.41) is 11.9. The number of anilines is 1. The van der Waals surface area contributed by atoms with Crippen LogP contribution in [-0.4, -0.2) is 11.0 Å². The molecule has 0 saturated heterocycles. The van der Waals surface area contributed by atoms with Crippen LogP contribution in [0.2, 0.25) is 0 Å². The van der Waals surface area contributed by atoms with Gasteiger partial charge in [-0.2, -0.15) is 0 Å². The monoisotopic (exact) mass is 221 g/mol. The lowest BCUT2D eigenvalue weighted by molar-refractivity contribution is -0.120. The summed E-state index contributed by atoms with van der Waals surface area (Å²) in [6.45, 7) is 3.40. The molecule has 1 fully saturated rings. The Labute approximate surface area is 92.6 Å². The average molecular weight is 221 g/mol. The molecule has 1 saturated carbocycles. The van der Waals surface area contributed by atoms with Crippen molar-refractivity contribution in [3.05, 3.63) is 42.4 Å². The minimum Gasteiger partial charge on any atom is -0.512 e. The third-order valence-corrected chi connectivity index (χ3v) is 2.84. The van der Waals surface area contributed by atoms with Gasteiger partial charge < -0.3 is 10.4 Å². The van der Waals surface area contributed by atoms with Crippen molar-refractivity contribution >= 4 is 11.6 Å². The smallest absolute Gasteiger partial charge is 0.238 e. The highest BCUT2D eigenvalue weighted by Crippen LogP contribution is 2.51. The van der Waals surface area contributed by atoms with Gasteiger partial charge >= 0.3 is 0 Å². The molecule has 0 unspecified atom stereocenters. The number of nitrogens with one attached hydrogen (secondary N) is 1. The predicted octanol–water partition coefficient (Wildman–Crippen LogP) is 2.62. The van der Waals surface area contributed by atoms with Crippen LogP contribution >= 0.6 is 0 Å². The molecular formula is C12H12FNO2. The van der Waals surface area contributed by atoms with Crippen molar-refractivity contribution in [2.24, 2.45) is 5.41 Å². The summed E-state index contributed by atoms with van der Waals surface area (Å²) in [4.78, 5) is 11.8. The summed E-state index contributed by atoms with van der Waals surface area (Å²) >= 11 is 0. The zero-order chi connectivity index (χ0) is 11.8. The van der Waals surface area contributed by atoms with E-state index < -0.39 is 5.41 Å². The van der Waals surface area contributed by atoms with Crippen LogP contribution in [0, 0.1) is 11.2 Å². The van der Waals surface area contributed by atoms with Crippen LogP contribution in [-0.2, 0) is 4.79 Å². The maximum absolute atomic E-state index is 12.6. The zero-order valence-electron chi connectivity index (χ0n) is 8.66. The quantitative estimate of drug-likeness (QED) is 0.771. The van der Waals surface area contributed by atoms with Gasteiger partial charge in [-0.25, -0.2) is 4.39 Å². The summed E-state index contributed by atoms with van der Waals surface area (Å²) in [6.07, 6.45) is 1.21. The number of hydrogen-bond acceptors (Lipinski definition) is 2. The van der Waals surface area contributed by atoms with Crippen molar-refractivity contribution in [3.63, 3.8) is 0 Å². The molecule has 0 aromatic heterocycles. The fraction of sp³-hybridized carbons (Fsp3) is 0.250. The van der Waals surface area contributed by atoms with Gasteiger partial charge in [0.05, 0.1) is 0 Å². The predicted molar refractivity (Wildman–Crippen MR) is 58.5 cm³/mol. The van der Waals surface area contributed by atoms with Gasteiger partial charge in [0.15, 0.2) is 0 Å². The van der Waals surface area contributed by atoms with E-state index in [1.807, 2.05) is 0 Å². The molecule has 0 bridgehead atoms. The van der Waals surface area contributed by atoms with Gasteiger partial charge in [0.2, 0.25) is 5.91 Å². The Hall–Kier alpha value is -1.84. The number of halogens is 1. The number of rotatable bonds is 3. The second kappa shape index (κ2) is 3.63. The summed E-state index contributed by atoms with van der Waals surface area (Å²) in [7, 11) is 0. The highest BCUT2D eigenvalue weighted by atomic mass is 19.1. The number of hydrogen-bond donors (Lipinski definition) is 2. The molecule has 1 aliphatic carbocycles. The fourth-order valence-corrected chi connectivity index (χ4v) is 1.56. The van der Waals surface area contributed by atoms with Crippen LogP contribution in [0.3, 0.4) is 0 Å². The molecule has 1 amide bonds. The third kappa shape index (κ3) is 1.78. The number of carbonyl (C=O) groups is 1. The summed E-state index contributed by atoms with van der Waals surface area (Å²) in [6, 6.07) is 5.48. The van der Waals surface area contributed by atoms with E-state index in [-0.39, 0.29) is 17.5 Å². The van der Waals surface area contributed by atoms with Crippen molar-refractivity contribution in [3.8, 4) is 0 Å². The van der Waals surface area contributed by atoms with E-state index >= 15 is 0 Å². The molecule has 1 aromatic rings. The lowest BCUT2D eigenvalue weighted by Gasteiger charge is -2.13. The first-order chi connectivity index (χ1) is 7.54. The van der Waals surface area contributed by atoms with Crippen LogP contribution in [0.25, 0.3) is 0 Å². The minimum atomic E-state index is -0.825. The number of carbonyl (C=O) groups excluding carboxylic acids is 1. The van der Waals surface area contributed by atoms with E-state index in [4.69, 9.17) is 0 Å². The molecule has 0 heterocycles. The van der Waals surface area contributed by atoms with E-state index in [1.54, 1.807) is 0 Å². The molecule has 2 N–H and O–H groups in total.